The van der Waals surface area contributed by atoms with E-state index in [0.29, 0.717) is 0 Å². The van der Waals surface area contributed by atoms with Gasteiger partial charge in [0.05, 0.1) is 7.11 Å². The minimum atomic E-state index is -0.225. The number of carbonyl (C=O) groups excluding carboxylic acids is 1. The van der Waals surface area contributed by atoms with Gasteiger partial charge in [0, 0.05) is 18.1 Å². The van der Waals surface area contributed by atoms with E-state index < -0.39 is 0 Å². The van der Waals surface area contributed by atoms with Gasteiger partial charge in [-0.1, -0.05) is 18.7 Å². The number of hydrogen-bond acceptors (Lipinski definition) is 5. The average Bonchev–Trinajstić information content (AvgIpc) is 2.80. The van der Waals surface area contributed by atoms with Crippen LogP contribution in [0.1, 0.15) is 13.3 Å². The van der Waals surface area contributed by atoms with E-state index in [2.05, 4.69) is 15.3 Å². The first-order valence-electron chi connectivity index (χ1n) is 5.21. The highest BCUT2D eigenvalue weighted by atomic mass is 32.2. The van der Waals surface area contributed by atoms with Crippen LogP contribution in [0.5, 0.6) is 0 Å². The number of H-pyrrole nitrogens is 1. The number of likely N-dealkylation sites (N-methyl/N-ethyl adjacent to an activating group) is 1. The Hall–Kier alpha value is -1.01. The molecule has 0 saturated heterocycles. The number of esters is 1. The first-order chi connectivity index (χ1) is 7.77. The van der Waals surface area contributed by atoms with Gasteiger partial charge in [0.2, 0.25) is 0 Å². The lowest BCUT2D eigenvalue weighted by molar-refractivity contribution is -0.143. The second kappa shape index (κ2) is 7.29. The normalized spacial score (nSPS) is 12.4. The van der Waals surface area contributed by atoms with Crippen LogP contribution in [-0.2, 0) is 9.53 Å². The van der Waals surface area contributed by atoms with Crippen molar-refractivity contribution in [3.8, 4) is 0 Å². The Balaban J connectivity index is 2.29. The van der Waals surface area contributed by atoms with E-state index in [9.17, 15) is 4.79 Å². The summed E-state index contributed by atoms with van der Waals surface area (Å²) in [4.78, 5) is 18.5. The number of methoxy groups -OCH3 is 1. The molecule has 1 unspecified atom stereocenters. The Kier molecular flexibility index (Phi) is 5.95. The molecule has 0 bridgehead atoms. The van der Waals surface area contributed by atoms with Crippen molar-refractivity contribution in [2.45, 2.75) is 24.5 Å². The molecule has 0 aromatic carbocycles. The fourth-order valence-electron chi connectivity index (χ4n) is 1.30. The molecule has 1 atom stereocenters. The van der Waals surface area contributed by atoms with E-state index >= 15 is 0 Å². The van der Waals surface area contributed by atoms with E-state index in [1.165, 1.54) is 7.11 Å². The molecule has 5 nitrogen and oxygen atoms in total. The predicted molar refractivity (Wildman–Crippen MR) is 63.4 cm³/mol. The number of aromatic amines is 1. The van der Waals surface area contributed by atoms with Crippen molar-refractivity contribution in [3.05, 3.63) is 12.4 Å². The summed E-state index contributed by atoms with van der Waals surface area (Å²) in [7, 11) is 1.41. The summed E-state index contributed by atoms with van der Waals surface area (Å²) in [5.41, 5.74) is 0. The summed E-state index contributed by atoms with van der Waals surface area (Å²) in [6.45, 7) is 2.72. The molecule has 1 rings (SSSR count). The van der Waals surface area contributed by atoms with Crippen LogP contribution < -0.4 is 5.32 Å². The van der Waals surface area contributed by atoms with Gasteiger partial charge < -0.3 is 15.0 Å². The molecular weight excluding hydrogens is 226 g/mol. The molecule has 0 aliphatic carbocycles. The smallest absolute Gasteiger partial charge is 0.322 e. The van der Waals surface area contributed by atoms with Crippen molar-refractivity contribution >= 4 is 17.7 Å². The molecule has 6 heteroatoms. The zero-order valence-electron chi connectivity index (χ0n) is 9.53. The van der Waals surface area contributed by atoms with Crippen molar-refractivity contribution < 1.29 is 9.53 Å². The second-order valence-electron chi connectivity index (χ2n) is 3.16. The van der Waals surface area contributed by atoms with Crippen LogP contribution in [0.15, 0.2) is 17.6 Å². The standard InChI is InChI=1S/C10H17N3O2S/c1-3-11-8(9(14)15-2)4-7-16-10-12-5-6-13-10/h5-6,8,11H,3-4,7H2,1-2H3,(H,12,13). The van der Waals surface area contributed by atoms with Crippen LogP contribution in [0.3, 0.4) is 0 Å². The molecule has 1 aromatic rings. The number of ether oxygens (including phenoxy) is 1. The molecule has 1 aromatic heterocycles. The summed E-state index contributed by atoms with van der Waals surface area (Å²) >= 11 is 1.59. The quantitative estimate of drug-likeness (QED) is 0.553. The summed E-state index contributed by atoms with van der Waals surface area (Å²) in [5, 5.41) is 3.97. The highest BCUT2D eigenvalue weighted by Crippen LogP contribution is 2.14. The molecule has 0 fully saturated rings. The number of nitrogens with zero attached hydrogens (tertiary/aromatic N) is 1. The monoisotopic (exact) mass is 243 g/mol. The highest BCUT2D eigenvalue weighted by Gasteiger charge is 2.17. The van der Waals surface area contributed by atoms with E-state index in [1.54, 1.807) is 24.2 Å². The summed E-state index contributed by atoms with van der Waals surface area (Å²) in [6, 6.07) is -0.225. The van der Waals surface area contributed by atoms with Gasteiger partial charge in [0.15, 0.2) is 5.16 Å². The highest BCUT2D eigenvalue weighted by molar-refractivity contribution is 7.99. The third-order valence-electron chi connectivity index (χ3n) is 2.05. The minimum absolute atomic E-state index is 0.207. The van der Waals surface area contributed by atoms with Crippen LogP contribution in [0.25, 0.3) is 0 Å². The zero-order chi connectivity index (χ0) is 11.8. The lowest BCUT2D eigenvalue weighted by Gasteiger charge is -2.14. The summed E-state index contributed by atoms with van der Waals surface area (Å²) < 4.78 is 4.72. The molecule has 0 radical (unpaired) electrons. The second-order valence-corrected chi connectivity index (χ2v) is 4.25. The van der Waals surface area contributed by atoms with Gasteiger partial charge in [-0.3, -0.25) is 4.79 Å². The Labute approximate surface area is 99.4 Å². The molecule has 0 aliphatic rings. The molecule has 1 heterocycles. The fourth-order valence-corrected chi connectivity index (χ4v) is 2.13. The lowest BCUT2D eigenvalue weighted by Crippen LogP contribution is -2.37. The maximum absolute atomic E-state index is 11.4. The third kappa shape index (κ3) is 4.24. The number of carbonyl (C=O) groups is 1. The van der Waals surface area contributed by atoms with Crippen molar-refractivity contribution in [2.75, 3.05) is 19.4 Å². The maximum Gasteiger partial charge on any atom is 0.322 e. The molecule has 0 spiro atoms. The zero-order valence-corrected chi connectivity index (χ0v) is 10.3. The van der Waals surface area contributed by atoms with Gasteiger partial charge >= 0.3 is 5.97 Å². The topological polar surface area (TPSA) is 67.0 Å². The average molecular weight is 243 g/mol. The van der Waals surface area contributed by atoms with E-state index in [1.807, 2.05) is 6.92 Å². The van der Waals surface area contributed by atoms with Gasteiger partial charge in [-0.05, 0) is 13.0 Å². The molecule has 0 saturated carbocycles. The Morgan fingerprint density at radius 1 is 1.75 bits per heavy atom. The van der Waals surface area contributed by atoms with Gasteiger partial charge in [-0.2, -0.15) is 0 Å². The molecule has 90 valence electrons. The Morgan fingerprint density at radius 2 is 2.56 bits per heavy atom. The van der Waals surface area contributed by atoms with Crippen molar-refractivity contribution in [3.63, 3.8) is 0 Å². The third-order valence-corrected chi connectivity index (χ3v) is 2.99. The first-order valence-corrected chi connectivity index (χ1v) is 6.19. The number of nitrogens with one attached hydrogen (secondary N) is 2. The fraction of sp³-hybridized carbons (Fsp3) is 0.600. The van der Waals surface area contributed by atoms with E-state index in [0.717, 1.165) is 23.9 Å². The molecule has 2 N–H and O–H groups in total. The SMILES string of the molecule is CCNC(CCSc1ncc[nH]1)C(=O)OC. The van der Waals surface area contributed by atoms with E-state index in [-0.39, 0.29) is 12.0 Å². The van der Waals surface area contributed by atoms with Gasteiger partial charge in [-0.25, -0.2) is 4.98 Å². The number of imidazole rings is 1. The summed E-state index contributed by atoms with van der Waals surface area (Å²) in [6.07, 6.45) is 4.22. The van der Waals surface area contributed by atoms with Crippen LogP contribution in [0.2, 0.25) is 0 Å². The number of rotatable bonds is 7. The maximum atomic E-state index is 11.4. The predicted octanol–water partition coefficient (Wildman–Crippen LogP) is 1.04. The minimum Gasteiger partial charge on any atom is -0.468 e. The Morgan fingerprint density at radius 3 is 3.12 bits per heavy atom. The van der Waals surface area contributed by atoms with Crippen molar-refractivity contribution in [1.82, 2.24) is 15.3 Å². The molecule has 0 amide bonds. The first kappa shape index (κ1) is 13.1. The lowest BCUT2D eigenvalue weighted by atomic mass is 10.2. The van der Waals surface area contributed by atoms with Gasteiger partial charge in [-0.15, -0.1) is 0 Å². The summed E-state index contributed by atoms with van der Waals surface area (Å²) in [5.74, 6) is 0.613. The van der Waals surface area contributed by atoms with Crippen LogP contribution in [0.4, 0.5) is 0 Å². The Bertz CT molecular complexity index is 303. The number of thioether (sulfide) groups is 1. The van der Waals surface area contributed by atoms with Crippen LogP contribution in [-0.4, -0.2) is 41.4 Å². The van der Waals surface area contributed by atoms with Gasteiger partial charge in [0.25, 0.3) is 0 Å². The largest absolute Gasteiger partial charge is 0.468 e. The van der Waals surface area contributed by atoms with Crippen LogP contribution in [0, 0.1) is 0 Å². The van der Waals surface area contributed by atoms with Gasteiger partial charge in [0.1, 0.15) is 6.04 Å². The number of aromatic nitrogens is 2. The van der Waals surface area contributed by atoms with Crippen molar-refractivity contribution in [2.24, 2.45) is 0 Å². The molecule has 0 aliphatic heterocycles. The number of hydrogen-bond donors (Lipinski definition) is 2. The van der Waals surface area contributed by atoms with E-state index in [4.69, 9.17) is 4.74 Å². The molecule has 16 heavy (non-hydrogen) atoms. The molecular formula is C10H17N3O2S. The van der Waals surface area contributed by atoms with Crippen molar-refractivity contribution in [1.29, 1.82) is 0 Å². The van der Waals surface area contributed by atoms with Crippen LogP contribution >= 0.6 is 11.8 Å².